The molecular formula is C17H18F3N7. The summed E-state index contributed by atoms with van der Waals surface area (Å²) >= 11 is 0. The summed E-state index contributed by atoms with van der Waals surface area (Å²) in [5.74, 6) is -0.153. The number of anilines is 3. The number of aryl methyl sites for hydroxylation is 1. The van der Waals surface area contributed by atoms with Gasteiger partial charge in [0, 0.05) is 18.4 Å². The van der Waals surface area contributed by atoms with Crippen molar-refractivity contribution in [1.82, 2.24) is 19.7 Å². The summed E-state index contributed by atoms with van der Waals surface area (Å²) in [7, 11) is 0. The maximum absolute atomic E-state index is 13.2. The van der Waals surface area contributed by atoms with Crippen LogP contribution in [0.3, 0.4) is 0 Å². The van der Waals surface area contributed by atoms with Crippen LogP contribution in [0.5, 0.6) is 0 Å². The summed E-state index contributed by atoms with van der Waals surface area (Å²) in [4.78, 5) is 7.84. The van der Waals surface area contributed by atoms with Gasteiger partial charge in [0.15, 0.2) is 0 Å². The number of nitrogens with one attached hydrogen (secondary N) is 2. The maximum Gasteiger partial charge on any atom is 0.421 e. The first-order valence-electron chi connectivity index (χ1n) is 8.64. The second kappa shape index (κ2) is 5.84. The Balaban J connectivity index is 1.58. The van der Waals surface area contributed by atoms with Crippen LogP contribution in [0.2, 0.25) is 0 Å². The van der Waals surface area contributed by atoms with E-state index in [-0.39, 0.29) is 23.8 Å². The monoisotopic (exact) mass is 377 g/mol. The largest absolute Gasteiger partial charge is 0.421 e. The number of halogens is 3. The van der Waals surface area contributed by atoms with Gasteiger partial charge in [-0.25, -0.2) is 4.98 Å². The van der Waals surface area contributed by atoms with Gasteiger partial charge in [0.25, 0.3) is 0 Å². The Kier molecular flexibility index (Phi) is 3.80. The van der Waals surface area contributed by atoms with Crippen LogP contribution in [-0.4, -0.2) is 25.8 Å². The predicted molar refractivity (Wildman–Crippen MR) is 91.3 cm³/mol. The quantitative estimate of drug-likeness (QED) is 0.824. The molecule has 0 radical (unpaired) electrons. The van der Waals surface area contributed by atoms with Crippen molar-refractivity contribution in [3.8, 4) is 6.07 Å². The van der Waals surface area contributed by atoms with Crippen molar-refractivity contribution in [2.75, 3.05) is 10.6 Å². The highest BCUT2D eigenvalue weighted by Crippen LogP contribution is 2.55. The van der Waals surface area contributed by atoms with Crippen molar-refractivity contribution in [3.05, 3.63) is 23.7 Å². The molecule has 10 heteroatoms. The van der Waals surface area contributed by atoms with Gasteiger partial charge in [-0.05, 0) is 33.1 Å². The van der Waals surface area contributed by atoms with Crippen molar-refractivity contribution in [2.24, 2.45) is 5.41 Å². The molecule has 0 saturated heterocycles. The molecule has 2 saturated carbocycles. The zero-order valence-corrected chi connectivity index (χ0v) is 14.8. The molecule has 2 aliphatic carbocycles. The first-order valence-corrected chi connectivity index (χ1v) is 8.64. The summed E-state index contributed by atoms with van der Waals surface area (Å²) in [5, 5.41) is 19.3. The molecule has 0 aromatic carbocycles. The molecule has 0 unspecified atom stereocenters. The highest BCUT2D eigenvalue weighted by Gasteiger charge is 2.53. The highest BCUT2D eigenvalue weighted by molar-refractivity contribution is 5.58. The van der Waals surface area contributed by atoms with Gasteiger partial charge >= 0.3 is 6.18 Å². The van der Waals surface area contributed by atoms with Gasteiger partial charge in [0.2, 0.25) is 5.95 Å². The second-order valence-electron chi connectivity index (χ2n) is 7.35. The zero-order chi connectivity index (χ0) is 19.4. The first kappa shape index (κ1) is 17.6. The minimum Gasteiger partial charge on any atom is -0.367 e. The van der Waals surface area contributed by atoms with Crippen LogP contribution in [0.25, 0.3) is 0 Å². The van der Waals surface area contributed by atoms with Crippen LogP contribution in [0.1, 0.15) is 43.5 Å². The molecule has 4 rings (SSSR count). The third-order valence-electron chi connectivity index (χ3n) is 4.94. The lowest BCUT2D eigenvalue weighted by Crippen LogP contribution is -2.15. The van der Waals surface area contributed by atoms with Crippen LogP contribution in [0.15, 0.2) is 12.4 Å². The molecule has 7 nitrogen and oxygen atoms in total. The minimum atomic E-state index is -4.52. The highest BCUT2D eigenvalue weighted by atomic mass is 19.4. The third kappa shape index (κ3) is 3.41. The van der Waals surface area contributed by atoms with Crippen LogP contribution in [-0.2, 0) is 6.18 Å². The normalized spacial score (nSPS) is 24.4. The van der Waals surface area contributed by atoms with E-state index in [9.17, 15) is 18.4 Å². The maximum atomic E-state index is 13.2. The Bertz CT molecular complexity index is 926. The summed E-state index contributed by atoms with van der Waals surface area (Å²) in [5.41, 5.74) is -0.0566. The molecule has 0 aliphatic heterocycles. The number of hydrogen-bond donors (Lipinski definition) is 2. The molecule has 2 heterocycles. The van der Waals surface area contributed by atoms with E-state index in [0.717, 1.165) is 25.5 Å². The average Bonchev–Trinajstić information content (AvgIpc) is 3.49. The number of hydrogen-bond acceptors (Lipinski definition) is 6. The molecule has 2 N–H and O–H groups in total. The van der Waals surface area contributed by atoms with E-state index in [2.05, 4.69) is 31.8 Å². The van der Waals surface area contributed by atoms with Gasteiger partial charge in [0.1, 0.15) is 11.4 Å². The lowest BCUT2D eigenvalue weighted by atomic mass is 10.2. The predicted octanol–water partition coefficient (Wildman–Crippen LogP) is 3.79. The second-order valence-corrected chi connectivity index (χ2v) is 7.35. The number of aromatic nitrogens is 4. The van der Waals surface area contributed by atoms with Gasteiger partial charge in [-0.15, -0.1) is 0 Å². The van der Waals surface area contributed by atoms with Gasteiger partial charge in [-0.2, -0.15) is 28.5 Å². The van der Waals surface area contributed by atoms with Crippen molar-refractivity contribution in [2.45, 2.75) is 51.4 Å². The molecule has 142 valence electrons. The lowest BCUT2D eigenvalue weighted by molar-refractivity contribution is -0.137. The Morgan fingerprint density at radius 2 is 2.11 bits per heavy atom. The first-order chi connectivity index (χ1) is 12.7. The molecule has 0 bridgehead atoms. The molecule has 2 aliphatic rings. The van der Waals surface area contributed by atoms with Gasteiger partial charge in [-0.1, -0.05) is 0 Å². The Labute approximate surface area is 153 Å². The smallest absolute Gasteiger partial charge is 0.367 e. The fraction of sp³-hybridized carbons (Fsp3) is 0.529. The number of rotatable bonds is 5. The van der Waals surface area contributed by atoms with Crippen molar-refractivity contribution in [1.29, 1.82) is 5.26 Å². The standard InChI is InChI=1S/C17H18F3N7/c1-9-12(7-27(26-9)13-5-16(13,2)8-21)24-15-22-6-11(17(18,19)20)14(25-15)23-10-3-4-10/h6-7,10,13H,3-5H2,1-2H3,(H2,22,23,24,25)/t13-,16-/m0/s1. The molecule has 0 spiro atoms. The number of nitriles is 1. The molecule has 2 atom stereocenters. The molecule has 27 heavy (non-hydrogen) atoms. The van der Waals surface area contributed by atoms with Crippen molar-refractivity contribution in [3.63, 3.8) is 0 Å². The Hall–Kier alpha value is -2.83. The van der Waals surface area contributed by atoms with E-state index in [1.807, 2.05) is 6.92 Å². The Morgan fingerprint density at radius 3 is 2.70 bits per heavy atom. The van der Waals surface area contributed by atoms with Crippen molar-refractivity contribution >= 4 is 17.5 Å². The zero-order valence-electron chi connectivity index (χ0n) is 14.8. The van der Waals surface area contributed by atoms with Gasteiger partial charge in [0.05, 0.1) is 28.9 Å². The van der Waals surface area contributed by atoms with Crippen molar-refractivity contribution < 1.29 is 13.2 Å². The van der Waals surface area contributed by atoms with Gasteiger partial charge < -0.3 is 10.6 Å². The topological polar surface area (TPSA) is 91.5 Å². The summed E-state index contributed by atoms with van der Waals surface area (Å²) < 4.78 is 41.2. The van der Waals surface area contributed by atoms with Crippen LogP contribution in [0, 0.1) is 23.7 Å². The summed E-state index contributed by atoms with van der Waals surface area (Å²) in [6.45, 7) is 3.65. The molecule has 2 aromatic heterocycles. The number of nitrogens with zero attached hydrogens (tertiary/aromatic N) is 5. The van der Waals surface area contributed by atoms with E-state index >= 15 is 0 Å². The lowest BCUT2D eigenvalue weighted by Gasteiger charge is -2.14. The minimum absolute atomic E-state index is 0.00244. The van der Waals surface area contributed by atoms with Gasteiger partial charge in [-0.3, -0.25) is 4.68 Å². The van der Waals surface area contributed by atoms with E-state index in [1.54, 1.807) is 17.8 Å². The van der Waals surface area contributed by atoms with Crippen LogP contribution >= 0.6 is 0 Å². The third-order valence-corrected chi connectivity index (χ3v) is 4.94. The van der Waals surface area contributed by atoms with Crippen LogP contribution in [0.4, 0.5) is 30.6 Å². The molecule has 2 fully saturated rings. The molecule has 0 amide bonds. The summed E-state index contributed by atoms with van der Waals surface area (Å²) in [6, 6.07) is 2.30. The molecular weight excluding hydrogens is 359 g/mol. The summed E-state index contributed by atoms with van der Waals surface area (Å²) in [6.07, 6.45) is 0.371. The number of alkyl halides is 3. The fourth-order valence-electron chi connectivity index (χ4n) is 2.91. The Morgan fingerprint density at radius 1 is 1.37 bits per heavy atom. The SMILES string of the molecule is Cc1nn([C@H]2C[C@@]2(C)C#N)cc1Nc1ncc(C(F)(F)F)c(NC2CC2)n1. The van der Waals surface area contributed by atoms with E-state index in [1.165, 1.54) is 0 Å². The van der Waals surface area contributed by atoms with E-state index in [4.69, 9.17) is 0 Å². The fourth-order valence-corrected chi connectivity index (χ4v) is 2.91. The van der Waals surface area contributed by atoms with Crippen LogP contribution < -0.4 is 10.6 Å². The average molecular weight is 377 g/mol. The van der Waals surface area contributed by atoms with E-state index < -0.39 is 17.2 Å². The molecule has 2 aromatic rings. The van der Waals surface area contributed by atoms with E-state index in [0.29, 0.717) is 11.4 Å².